The SMILES string of the molecule is Cn1ncc(OCC2CCN(C(=O)O)C2)c1-c1ccn2nc(NC(=O)C3CC3)cc2c1. The lowest BCUT2D eigenvalue weighted by Crippen LogP contribution is -2.27. The van der Waals surface area contributed by atoms with E-state index >= 15 is 0 Å². The molecule has 1 unspecified atom stereocenters. The number of amides is 2. The van der Waals surface area contributed by atoms with Gasteiger partial charge in [0.1, 0.15) is 5.69 Å². The summed E-state index contributed by atoms with van der Waals surface area (Å²) in [6.07, 6.45) is 5.33. The molecule has 5 rings (SSSR count). The molecule has 3 aromatic heterocycles. The molecule has 4 heterocycles. The molecule has 2 amide bonds. The molecule has 1 aliphatic heterocycles. The highest BCUT2D eigenvalue weighted by Crippen LogP contribution is 2.32. The third-order valence-electron chi connectivity index (χ3n) is 5.87. The molecule has 1 saturated carbocycles. The number of pyridine rings is 1. The molecule has 2 aliphatic rings. The lowest BCUT2D eigenvalue weighted by molar-refractivity contribution is -0.117. The van der Waals surface area contributed by atoms with Crippen LogP contribution in [0.2, 0.25) is 0 Å². The van der Waals surface area contributed by atoms with Gasteiger partial charge in [-0.15, -0.1) is 0 Å². The largest absolute Gasteiger partial charge is 0.489 e. The summed E-state index contributed by atoms with van der Waals surface area (Å²) in [5, 5.41) is 20.8. The smallest absolute Gasteiger partial charge is 0.407 e. The van der Waals surface area contributed by atoms with Crippen molar-refractivity contribution in [3.8, 4) is 17.0 Å². The van der Waals surface area contributed by atoms with Gasteiger partial charge < -0.3 is 20.1 Å². The quantitative estimate of drug-likeness (QED) is 0.628. The maximum Gasteiger partial charge on any atom is 0.407 e. The van der Waals surface area contributed by atoms with Crippen LogP contribution < -0.4 is 10.1 Å². The summed E-state index contributed by atoms with van der Waals surface area (Å²) < 4.78 is 9.52. The zero-order valence-electron chi connectivity index (χ0n) is 17.2. The Bertz CT molecular complexity index is 1150. The van der Waals surface area contributed by atoms with Crippen molar-refractivity contribution in [3.63, 3.8) is 0 Å². The van der Waals surface area contributed by atoms with E-state index in [0.29, 0.717) is 31.3 Å². The summed E-state index contributed by atoms with van der Waals surface area (Å²) in [4.78, 5) is 24.5. The van der Waals surface area contributed by atoms with Crippen LogP contribution >= 0.6 is 0 Å². The van der Waals surface area contributed by atoms with E-state index in [2.05, 4.69) is 15.5 Å². The number of hydrogen-bond donors (Lipinski definition) is 2. The van der Waals surface area contributed by atoms with Crippen LogP contribution in [-0.2, 0) is 11.8 Å². The van der Waals surface area contributed by atoms with E-state index in [-0.39, 0.29) is 17.7 Å². The number of likely N-dealkylation sites (tertiary alicyclic amines) is 1. The molecule has 1 aliphatic carbocycles. The van der Waals surface area contributed by atoms with Gasteiger partial charge in [-0.2, -0.15) is 10.2 Å². The van der Waals surface area contributed by atoms with Crippen LogP contribution in [0.5, 0.6) is 5.75 Å². The Morgan fingerprint density at radius 2 is 2.13 bits per heavy atom. The predicted molar refractivity (Wildman–Crippen MR) is 112 cm³/mol. The Kier molecular flexibility index (Phi) is 4.76. The van der Waals surface area contributed by atoms with Gasteiger partial charge in [-0.3, -0.25) is 9.48 Å². The third kappa shape index (κ3) is 3.92. The monoisotopic (exact) mass is 424 g/mol. The van der Waals surface area contributed by atoms with Crippen molar-refractivity contribution in [2.45, 2.75) is 19.3 Å². The number of carbonyl (C=O) groups is 2. The highest BCUT2D eigenvalue weighted by Gasteiger charge is 2.30. The minimum absolute atomic E-state index is 0.0272. The number of carboxylic acid groups (broad SMARTS) is 1. The van der Waals surface area contributed by atoms with Gasteiger partial charge in [0.05, 0.1) is 18.3 Å². The van der Waals surface area contributed by atoms with Gasteiger partial charge in [0.15, 0.2) is 11.6 Å². The van der Waals surface area contributed by atoms with E-state index in [9.17, 15) is 9.59 Å². The first-order valence-electron chi connectivity index (χ1n) is 10.4. The summed E-state index contributed by atoms with van der Waals surface area (Å²) in [5.41, 5.74) is 2.60. The molecule has 0 bridgehead atoms. The lowest BCUT2D eigenvalue weighted by atomic mass is 10.1. The Morgan fingerprint density at radius 3 is 2.87 bits per heavy atom. The van der Waals surface area contributed by atoms with E-state index in [1.54, 1.807) is 15.4 Å². The van der Waals surface area contributed by atoms with Crippen LogP contribution in [0, 0.1) is 11.8 Å². The van der Waals surface area contributed by atoms with Crippen molar-refractivity contribution in [1.29, 1.82) is 0 Å². The number of anilines is 1. The topological polar surface area (TPSA) is 114 Å². The van der Waals surface area contributed by atoms with Gasteiger partial charge in [-0.25, -0.2) is 9.31 Å². The Balaban J connectivity index is 1.33. The molecule has 31 heavy (non-hydrogen) atoms. The number of ether oxygens (including phenoxy) is 1. The first-order chi connectivity index (χ1) is 15.0. The first-order valence-corrected chi connectivity index (χ1v) is 10.4. The van der Waals surface area contributed by atoms with Gasteiger partial charge in [0.25, 0.3) is 0 Å². The van der Waals surface area contributed by atoms with Gasteiger partial charge >= 0.3 is 6.09 Å². The maximum atomic E-state index is 12.0. The summed E-state index contributed by atoms with van der Waals surface area (Å²) in [6, 6.07) is 5.75. The summed E-state index contributed by atoms with van der Waals surface area (Å²) in [7, 11) is 1.85. The van der Waals surface area contributed by atoms with Crippen molar-refractivity contribution in [3.05, 3.63) is 30.6 Å². The second-order valence-electron chi connectivity index (χ2n) is 8.25. The fourth-order valence-corrected chi connectivity index (χ4v) is 3.98. The minimum atomic E-state index is -0.883. The van der Waals surface area contributed by atoms with Crippen LogP contribution in [-0.4, -0.2) is 61.1 Å². The molecule has 1 atom stereocenters. The molecular formula is C21H24N6O4. The fraction of sp³-hybridized carbons (Fsp3) is 0.429. The normalized spacial score (nSPS) is 18.5. The highest BCUT2D eigenvalue weighted by atomic mass is 16.5. The second kappa shape index (κ2) is 7.60. The molecule has 2 N–H and O–H groups in total. The van der Waals surface area contributed by atoms with Crippen LogP contribution in [0.3, 0.4) is 0 Å². The van der Waals surface area contributed by atoms with Crippen LogP contribution in [0.1, 0.15) is 19.3 Å². The van der Waals surface area contributed by atoms with E-state index in [4.69, 9.17) is 9.84 Å². The maximum absolute atomic E-state index is 12.0. The molecule has 1 saturated heterocycles. The Morgan fingerprint density at radius 1 is 1.29 bits per heavy atom. The Labute approximate surface area is 178 Å². The van der Waals surface area contributed by atoms with E-state index in [0.717, 1.165) is 36.0 Å². The van der Waals surface area contributed by atoms with Crippen molar-refractivity contribution in [2.24, 2.45) is 18.9 Å². The van der Waals surface area contributed by atoms with Gasteiger partial charge in [-0.1, -0.05) is 0 Å². The molecular weight excluding hydrogens is 400 g/mol. The molecule has 10 nitrogen and oxygen atoms in total. The van der Waals surface area contributed by atoms with E-state index < -0.39 is 6.09 Å². The molecule has 2 fully saturated rings. The standard InChI is InChI=1S/C21H24N6O4/c1-25-19(17(10-22-25)31-12-13-4-6-26(11-13)21(29)30)15-5-7-27-16(8-15)9-18(24-27)23-20(28)14-2-3-14/h5,7-10,13-14H,2-4,6,11-12H2,1H3,(H,29,30)(H,23,24,28). The zero-order chi connectivity index (χ0) is 21.5. The van der Waals surface area contributed by atoms with E-state index in [1.165, 1.54) is 4.90 Å². The number of hydrogen-bond acceptors (Lipinski definition) is 5. The molecule has 0 spiro atoms. The summed E-state index contributed by atoms with van der Waals surface area (Å²) in [5.74, 6) is 1.51. The number of nitrogens with zero attached hydrogens (tertiary/aromatic N) is 5. The first kappa shape index (κ1) is 19.4. The lowest BCUT2D eigenvalue weighted by Gasteiger charge is -2.14. The van der Waals surface area contributed by atoms with Gasteiger partial charge in [0.2, 0.25) is 5.91 Å². The molecule has 0 radical (unpaired) electrons. The number of carbonyl (C=O) groups excluding carboxylic acids is 1. The summed E-state index contributed by atoms with van der Waals surface area (Å²) >= 11 is 0. The molecule has 162 valence electrons. The average molecular weight is 424 g/mol. The van der Waals surface area contributed by atoms with Crippen molar-refractivity contribution in [2.75, 3.05) is 25.0 Å². The van der Waals surface area contributed by atoms with E-state index in [1.807, 2.05) is 31.4 Å². The molecule has 3 aromatic rings. The molecule has 10 heteroatoms. The number of aromatic nitrogens is 4. The van der Waals surface area contributed by atoms with Crippen LogP contribution in [0.15, 0.2) is 30.6 Å². The number of fused-ring (bicyclic) bond motifs is 1. The van der Waals surface area contributed by atoms with Crippen molar-refractivity contribution < 1.29 is 19.4 Å². The predicted octanol–water partition coefficient (Wildman–Crippen LogP) is 2.46. The molecule has 0 aromatic carbocycles. The minimum Gasteiger partial charge on any atom is -0.489 e. The fourth-order valence-electron chi connectivity index (χ4n) is 3.98. The Hall–Kier alpha value is -3.56. The van der Waals surface area contributed by atoms with Crippen LogP contribution in [0.25, 0.3) is 16.8 Å². The number of nitrogens with one attached hydrogen (secondary N) is 1. The van der Waals surface area contributed by atoms with Crippen LogP contribution in [0.4, 0.5) is 10.6 Å². The van der Waals surface area contributed by atoms with Crippen molar-refractivity contribution in [1.82, 2.24) is 24.3 Å². The highest BCUT2D eigenvalue weighted by molar-refractivity contribution is 5.93. The average Bonchev–Trinajstić information content (AvgIpc) is 3.18. The van der Waals surface area contributed by atoms with Gasteiger partial charge in [-0.05, 0) is 31.4 Å². The third-order valence-corrected chi connectivity index (χ3v) is 5.87. The van der Waals surface area contributed by atoms with Crippen molar-refractivity contribution >= 4 is 23.3 Å². The second-order valence-corrected chi connectivity index (χ2v) is 8.25. The number of rotatable bonds is 6. The summed E-state index contributed by atoms with van der Waals surface area (Å²) in [6.45, 7) is 1.47. The van der Waals surface area contributed by atoms with Gasteiger partial charge in [0, 0.05) is 49.8 Å². The zero-order valence-corrected chi connectivity index (χ0v) is 17.2. The number of aryl methyl sites for hydroxylation is 1.